The molecule has 0 aromatic heterocycles. The summed E-state index contributed by atoms with van der Waals surface area (Å²) in [5.74, 6) is 5.28. The molecule has 0 radical (unpaired) electrons. The highest BCUT2D eigenvalue weighted by Gasteiger charge is 2.12. The van der Waals surface area contributed by atoms with Crippen LogP contribution in [0.4, 0.5) is 0 Å². The van der Waals surface area contributed by atoms with Crippen molar-refractivity contribution in [1.29, 1.82) is 0 Å². The minimum atomic E-state index is -2.96. The van der Waals surface area contributed by atoms with Crippen molar-refractivity contribution in [2.45, 2.75) is 18.9 Å². The summed E-state index contributed by atoms with van der Waals surface area (Å²) in [6.45, 7) is 0.627. The van der Waals surface area contributed by atoms with Crippen molar-refractivity contribution in [3.63, 3.8) is 0 Å². The molecule has 5 nitrogen and oxygen atoms in total. The molecule has 0 aromatic rings. The zero-order valence-electron chi connectivity index (χ0n) is 8.12. The monoisotopic (exact) mass is 210 g/mol. The van der Waals surface area contributed by atoms with E-state index >= 15 is 0 Å². The zero-order chi connectivity index (χ0) is 10.3. The van der Waals surface area contributed by atoms with Crippen molar-refractivity contribution in [3.8, 4) is 0 Å². The Kier molecular flexibility index (Phi) is 6.23. The van der Waals surface area contributed by atoms with Crippen LogP contribution in [0.1, 0.15) is 12.8 Å². The topological polar surface area (TPSA) is 81.4 Å². The molecule has 0 aliphatic rings. The number of hydrazine groups is 1. The van der Waals surface area contributed by atoms with Gasteiger partial charge < -0.3 is 4.74 Å². The molecule has 1 unspecified atom stereocenters. The molecule has 0 heterocycles. The van der Waals surface area contributed by atoms with Gasteiger partial charge in [-0.15, -0.1) is 0 Å². The molecule has 0 fully saturated rings. The highest BCUT2D eigenvalue weighted by molar-refractivity contribution is 7.90. The number of sulfone groups is 1. The van der Waals surface area contributed by atoms with Crippen molar-refractivity contribution in [2.24, 2.45) is 5.84 Å². The van der Waals surface area contributed by atoms with Crippen LogP contribution in [-0.2, 0) is 14.6 Å². The first-order valence-corrected chi connectivity index (χ1v) is 6.18. The van der Waals surface area contributed by atoms with Crippen LogP contribution >= 0.6 is 0 Å². The van der Waals surface area contributed by atoms with E-state index in [2.05, 4.69) is 5.43 Å². The molecule has 0 amide bonds. The maximum absolute atomic E-state index is 10.9. The Morgan fingerprint density at radius 3 is 2.54 bits per heavy atom. The lowest BCUT2D eigenvalue weighted by Gasteiger charge is -2.13. The van der Waals surface area contributed by atoms with E-state index < -0.39 is 9.84 Å². The van der Waals surface area contributed by atoms with Gasteiger partial charge in [-0.3, -0.25) is 11.3 Å². The normalized spacial score (nSPS) is 14.4. The summed E-state index contributed by atoms with van der Waals surface area (Å²) in [6, 6.07) is -0.176. The summed E-state index contributed by atoms with van der Waals surface area (Å²) in [6.07, 6.45) is 2.71. The molecule has 6 heteroatoms. The summed E-state index contributed by atoms with van der Waals surface area (Å²) < 4.78 is 26.7. The molecule has 0 aromatic carbocycles. The molecule has 3 N–H and O–H groups in total. The van der Waals surface area contributed by atoms with Gasteiger partial charge in [0.1, 0.15) is 9.84 Å². The molecular weight excluding hydrogens is 192 g/mol. The summed E-state index contributed by atoms with van der Waals surface area (Å²) >= 11 is 0. The first-order valence-electron chi connectivity index (χ1n) is 4.12. The largest absolute Gasteiger partial charge is 0.385 e. The SMILES string of the molecule is COCCCC(CS(C)(=O)=O)NN. The Hall–Kier alpha value is -0.170. The van der Waals surface area contributed by atoms with E-state index in [1.165, 1.54) is 6.26 Å². The molecule has 80 valence electrons. The Bertz CT molecular complexity index is 216. The van der Waals surface area contributed by atoms with E-state index in [-0.39, 0.29) is 11.8 Å². The van der Waals surface area contributed by atoms with E-state index in [1.54, 1.807) is 7.11 Å². The van der Waals surface area contributed by atoms with Gasteiger partial charge in [-0.1, -0.05) is 0 Å². The van der Waals surface area contributed by atoms with Gasteiger partial charge in [0.05, 0.1) is 5.75 Å². The van der Waals surface area contributed by atoms with Crippen LogP contribution in [0.25, 0.3) is 0 Å². The van der Waals surface area contributed by atoms with Crippen molar-refractivity contribution < 1.29 is 13.2 Å². The molecule has 1 atom stereocenters. The highest BCUT2D eigenvalue weighted by Crippen LogP contribution is 1.99. The molecule has 0 spiro atoms. The van der Waals surface area contributed by atoms with Gasteiger partial charge in [0.25, 0.3) is 0 Å². The summed E-state index contributed by atoms with van der Waals surface area (Å²) in [5.41, 5.74) is 2.48. The molecule has 0 bridgehead atoms. The lowest BCUT2D eigenvalue weighted by Crippen LogP contribution is -2.40. The third-order valence-electron chi connectivity index (χ3n) is 1.64. The standard InChI is InChI=1S/C7H18N2O3S/c1-12-5-3-4-7(9-8)6-13(2,10)11/h7,9H,3-6,8H2,1-2H3. The Labute approximate surface area is 79.5 Å². The molecule has 0 aliphatic heterocycles. The predicted molar refractivity (Wildman–Crippen MR) is 51.9 cm³/mol. The molecular formula is C7H18N2O3S. The van der Waals surface area contributed by atoms with E-state index in [1.807, 2.05) is 0 Å². The fourth-order valence-electron chi connectivity index (χ4n) is 1.05. The van der Waals surface area contributed by atoms with E-state index in [9.17, 15) is 8.42 Å². The van der Waals surface area contributed by atoms with Crippen LogP contribution < -0.4 is 11.3 Å². The average molecular weight is 210 g/mol. The van der Waals surface area contributed by atoms with Gasteiger partial charge in [0, 0.05) is 26.0 Å². The second kappa shape index (κ2) is 6.31. The van der Waals surface area contributed by atoms with Crippen molar-refractivity contribution >= 4 is 9.84 Å². The third kappa shape index (κ3) is 8.17. The second-order valence-electron chi connectivity index (χ2n) is 3.09. The van der Waals surface area contributed by atoms with Crippen LogP contribution in [0, 0.1) is 0 Å². The Balaban J connectivity index is 3.77. The third-order valence-corrected chi connectivity index (χ3v) is 2.65. The lowest BCUT2D eigenvalue weighted by atomic mass is 10.2. The molecule has 0 saturated carbocycles. The number of nitrogens with one attached hydrogen (secondary N) is 1. The van der Waals surface area contributed by atoms with Crippen LogP contribution in [0.3, 0.4) is 0 Å². The predicted octanol–water partition coefficient (Wildman–Crippen LogP) is -0.710. The first-order chi connectivity index (χ1) is 5.99. The minimum Gasteiger partial charge on any atom is -0.385 e. The van der Waals surface area contributed by atoms with Crippen molar-refractivity contribution in [3.05, 3.63) is 0 Å². The van der Waals surface area contributed by atoms with E-state index in [0.717, 1.165) is 6.42 Å². The number of hydrogen-bond acceptors (Lipinski definition) is 5. The average Bonchev–Trinajstić information content (AvgIpc) is 2.01. The lowest BCUT2D eigenvalue weighted by molar-refractivity contribution is 0.189. The van der Waals surface area contributed by atoms with Gasteiger partial charge in [-0.25, -0.2) is 8.42 Å². The Morgan fingerprint density at radius 1 is 1.54 bits per heavy atom. The Morgan fingerprint density at radius 2 is 2.15 bits per heavy atom. The molecule has 0 saturated heterocycles. The summed E-state index contributed by atoms with van der Waals surface area (Å²) in [7, 11) is -1.34. The van der Waals surface area contributed by atoms with Gasteiger partial charge >= 0.3 is 0 Å². The van der Waals surface area contributed by atoms with E-state index in [4.69, 9.17) is 10.6 Å². The smallest absolute Gasteiger partial charge is 0.149 e. The fourth-order valence-corrected chi connectivity index (χ4v) is 2.05. The van der Waals surface area contributed by atoms with Crippen LogP contribution in [0.15, 0.2) is 0 Å². The number of rotatable bonds is 7. The maximum Gasteiger partial charge on any atom is 0.149 e. The zero-order valence-corrected chi connectivity index (χ0v) is 8.93. The van der Waals surface area contributed by atoms with E-state index in [0.29, 0.717) is 13.0 Å². The van der Waals surface area contributed by atoms with Gasteiger partial charge in [-0.2, -0.15) is 0 Å². The fraction of sp³-hybridized carbons (Fsp3) is 1.00. The van der Waals surface area contributed by atoms with Crippen LogP contribution in [0.2, 0.25) is 0 Å². The minimum absolute atomic E-state index is 0.0766. The summed E-state index contributed by atoms with van der Waals surface area (Å²) in [5, 5.41) is 0. The second-order valence-corrected chi connectivity index (χ2v) is 5.28. The summed E-state index contributed by atoms with van der Waals surface area (Å²) in [4.78, 5) is 0. The number of ether oxygens (including phenoxy) is 1. The van der Waals surface area contributed by atoms with Crippen LogP contribution in [0.5, 0.6) is 0 Å². The van der Waals surface area contributed by atoms with Gasteiger partial charge in [0.2, 0.25) is 0 Å². The highest BCUT2D eigenvalue weighted by atomic mass is 32.2. The number of methoxy groups -OCH3 is 1. The maximum atomic E-state index is 10.9. The molecule has 13 heavy (non-hydrogen) atoms. The van der Waals surface area contributed by atoms with Crippen molar-refractivity contribution in [1.82, 2.24) is 5.43 Å². The quantitative estimate of drug-likeness (QED) is 0.329. The van der Waals surface area contributed by atoms with Crippen molar-refractivity contribution in [2.75, 3.05) is 25.7 Å². The number of nitrogens with two attached hydrogens (primary N) is 1. The van der Waals surface area contributed by atoms with Gasteiger partial charge in [0.15, 0.2) is 0 Å². The number of hydrogen-bond donors (Lipinski definition) is 2. The first kappa shape index (κ1) is 12.8. The van der Waals surface area contributed by atoms with Gasteiger partial charge in [-0.05, 0) is 12.8 Å². The van der Waals surface area contributed by atoms with Crippen LogP contribution in [-0.4, -0.2) is 40.2 Å². The molecule has 0 aliphatic carbocycles. The molecule has 0 rings (SSSR count).